The number of halogens is 1. The molecule has 2 heterocycles. The average Bonchev–Trinajstić information content (AvgIpc) is 3.02. The number of hydrogen-bond donors (Lipinski definition) is 3. The van der Waals surface area contributed by atoms with Crippen LogP contribution in [0.4, 0.5) is 0 Å². The maximum absolute atomic E-state index is 13.0. The van der Waals surface area contributed by atoms with Crippen molar-refractivity contribution in [2.75, 3.05) is 39.5 Å². The van der Waals surface area contributed by atoms with Crippen LogP contribution in [0, 0.1) is 0 Å². The molecule has 0 aliphatic carbocycles. The smallest absolute Gasteiger partial charge is 0.329 e. The largest absolute Gasteiger partial charge is 0.463 e. The number of rotatable bonds is 9. The summed E-state index contributed by atoms with van der Waals surface area (Å²) in [7, 11) is -4.00. The van der Waals surface area contributed by atoms with Crippen LogP contribution in [-0.4, -0.2) is 80.2 Å². The number of morpholine rings is 1. The van der Waals surface area contributed by atoms with Gasteiger partial charge in [0.25, 0.3) is 16.0 Å². The highest BCUT2D eigenvalue weighted by atomic mass is 35.5. The van der Waals surface area contributed by atoms with E-state index >= 15 is 0 Å². The van der Waals surface area contributed by atoms with Gasteiger partial charge in [-0.2, -0.15) is 8.42 Å². The Morgan fingerprint density at radius 1 is 1.00 bits per heavy atom. The number of aromatic amines is 1. The van der Waals surface area contributed by atoms with E-state index in [0.717, 1.165) is 18.5 Å². The summed E-state index contributed by atoms with van der Waals surface area (Å²) in [5, 5.41) is 4.08. The number of aromatic nitrogens is 1. The number of fused-ring (bicyclic) bond motifs is 1. The molecule has 1 amide bonds. The topological polar surface area (TPSA) is 155 Å². The zero-order valence-corrected chi connectivity index (χ0v) is 25.2. The SMILES string of the molecule is O=C(NC(Cc1cc(=O)[nH]c2ccccc12)C(=O)OCCN1CCOCC1)c1ccc(Cl)cc1.O=S(=O)(O)c1ccccc1. The third kappa shape index (κ3) is 9.73. The first-order valence-corrected chi connectivity index (χ1v) is 15.6. The van der Waals surface area contributed by atoms with Crippen LogP contribution in [0.25, 0.3) is 10.9 Å². The quantitative estimate of drug-likeness (QED) is 0.184. The molecule has 3 aromatic carbocycles. The number of esters is 1. The molecule has 1 unspecified atom stereocenters. The van der Waals surface area contributed by atoms with E-state index in [9.17, 15) is 22.8 Å². The molecule has 5 rings (SSSR count). The van der Waals surface area contributed by atoms with Gasteiger partial charge in [-0.05, 0) is 48.0 Å². The molecule has 13 heteroatoms. The fourth-order valence-corrected chi connectivity index (χ4v) is 5.12. The van der Waals surface area contributed by atoms with Gasteiger partial charge in [-0.1, -0.05) is 48.0 Å². The predicted octanol–water partition coefficient (Wildman–Crippen LogP) is 3.33. The molecule has 232 valence electrons. The lowest BCUT2D eigenvalue weighted by molar-refractivity contribution is -0.146. The molecule has 1 saturated heterocycles. The second-order valence-electron chi connectivity index (χ2n) is 9.85. The first-order valence-electron chi connectivity index (χ1n) is 13.8. The highest BCUT2D eigenvalue weighted by molar-refractivity contribution is 7.85. The highest BCUT2D eigenvalue weighted by Crippen LogP contribution is 2.17. The number of nitrogens with zero attached hydrogens (tertiary/aromatic N) is 1. The molecule has 1 atom stereocenters. The molecule has 4 aromatic rings. The minimum absolute atomic E-state index is 0.0741. The van der Waals surface area contributed by atoms with Crippen molar-refractivity contribution < 1.29 is 32.0 Å². The second-order valence-corrected chi connectivity index (χ2v) is 11.7. The van der Waals surface area contributed by atoms with E-state index in [1.807, 2.05) is 18.2 Å². The van der Waals surface area contributed by atoms with E-state index in [1.165, 1.54) is 18.2 Å². The Bertz CT molecular complexity index is 1720. The molecule has 0 radical (unpaired) electrons. The van der Waals surface area contributed by atoms with Crippen molar-refractivity contribution in [1.29, 1.82) is 0 Å². The van der Waals surface area contributed by atoms with Crippen LogP contribution in [0.1, 0.15) is 15.9 Å². The third-order valence-corrected chi connectivity index (χ3v) is 7.87. The van der Waals surface area contributed by atoms with E-state index in [4.69, 9.17) is 25.6 Å². The monoisotopic (exact) mass is 641 g/mol. The maximum atomic E-state index is 13.0. The summed E-state index contributed by atoms with van der Waals surface area (Å²) in [6.07, 6.45) is 0.111. The van der Waals surface area contributed by atoms with Crippen molar-refractivity contribution >= 4 is 44.5 Å². The van der Waals surface area contributed by atoms with Gasteiger partial charge in [-0.25, -0.2) is 4.79 Å². The van der Waals surface area contributed by atoms with E-state index in [-0.39, 0.29) is 23.5 Å². The molecule has 1 fully saturated rings. The zero-order chi connectivity index (χ0) is 31.5. The number of carbonyl (C=O) groups is 2. The molecule has 0 saturated carbocycles. The van der Waals surface area contributed by atoms with Crippen LogP contribution in [0.2, 0.25) is 5.02 Å². The number of hydrogen-bond acceptors (Lipinski definition) is 8. The average molecular weight is 642 g/mol. The van der Waals surface area contributed by atoms with Crippen LogP contribution in [0.5, 0.6) is 0 Å². The van der Waals surface area contributed by atoms with Crippen LogP contribution in [0.15, 0.2) is 94.6 Å². The maximum Gasteiger partial charge on any atom is 0.329 e. The zero-order valence-electron chi connectivity index (χ0n) is 23.6. The van der Waals surface area contributed by atoms with E-state index < -0.39 is 28.0 Å². The summed E-state index contributed by atoms with van der Waals surface area (Å²) in [6.45, 7) is 3.66. The lowest BCUT2D eigenvalue weighted by Crippen LogP contribution is -2.44. The molecular weight excluding hydrogens is 610 g/mol. The Labute approximate surface area is 259 Å². The summed E-state index contributed by atoms with van der Waals surface area (Å²) in [5.41, 5.74) is 1.39. The summed E-state index contributed by atoms with van der Waals surface area (Å²) in [4.78, 5) is 43.0. The Kier molecular flexibility index (Phi) is 11.6. The van der Waals surface area contributed by atoms with Gasteiger partial charge in [0, 0.05) is 53.6 Å². The van der Waals surface area contributed by atoms with Gasteiger partial charge in [0.2, 0.25) is 5.56 Å². The van der Waals surface area contributed by atoms with Gasteiger partial charge in [-0.15, -0.1) is 0 Å². The van der Waals surface area contributed by atoms with Crippen molar-refractivity contribution in [3.63, 3.8) is 0 Å². The first kappa shape index (κ1) is 32.8. The van der Waals surface area contributed by atoms with Gasteiger partial charge in [0.15, 0.2) is 0 Å². The van der Waals surface area contributed by atoms with E-state index in [0.29, 0.717) is 41.4 Å². The van der Waals surface area contributed by atoms with Crippen molar-refractivity contribution in [1.82, 2.24) is 15.2 Å². The number of pyridine rings is 1. The molecule has 1 aliphatic heterocycles. The van der Waals surface area contributed by atoms with Gasteiger partial charge in [-0.3, -0.25) is 19.0 Å². The highest BCUT2D eigenvalue weighted by Gasteiger charge is 2.25. The Balaban J connectivity index is 0.000000375. The summed E-state index contributed by atoms with van der Waals surface area (Å²) in [5.74, 6) is -0.985. The van der Waals surface area contributed by atoms with Gasteiger partial charge in [0.05, 0.1) is 18.1 Å². The Morgan fingerprint density at radius 2 is 1.66 bits per heavy atom. The van der Waals surface area contributed by atoms with Crippen molar-refractivity contribution in [2.24, 2.45) is 0 Å². The van der Waals surface area contributed by atoms with Crippen LogP contribution in [0.3, 0.4) is 0 Å². The number of ether oxygens (including phenoxy) is 2. The first-order chi connectivity index (χ1) is 21.1. The fraction of sp³-hybridized carbons (Fsp3) is 0.258. The van der Waals surface area contributed by atoms with Gasteiger partial charge < -0.3 is 19.8 Å². The molecule has 3 N–H and O–H groups in total. The molecular formula is C31H32ClN3O8S. The predicted molar refractivity (Wildman–Crippen MR) is 165 cm³/mol. The van der Waals surface area contributed by atoms with Crippen LogP contribution >= 0.6 is 11.6 Å². The standard InChI is InChI=1S/C25H26ClN3O5.C6H6O3S/c26-19-7-5-17(6-8-19)24(31)28-22(25(32)34-14-11-29-9-12-33-13-10-29)15-18-16-23(30)27-21-4-2-1-3-20(18)21;7-10(8,9)6-4-2-1-3-5-6/h1-8,16,22H,9-15H2,(H,27,30)(H,28,31);1-5H,(H,7,8,9). The van der Waals surface area contributed by atoms with Gasteiger partial charge in [0.1, 0.15) is 12.6 Å². The number of nitrogens with one attached hydrogen (secondary N) is 2. The normalized spacial score (nSPS) is 14.2. The molecule has 1 aliphatic rings. The summed E-state index contributed by atoms with van der Waals surface area (Å²) < 4.78 is 40.1. The molecule has 11 nitrogen and oxygen atoms in total. The minimum atomic E-state index is -4.00. The minimum Gasteiger partial charge on any atom is -0.463 e. The Hall–Kier alpha value is -4.07. The second kappa shape index (κ2) is 15.6. The fourth-order valence-electron chi connectivity index (χ4n) is 4.50. The molecule has 1 aromatic heterocycles. The number of H-pyrrole nitrogens is 1. The third-order valence-electron chi connectivity index (χ3n) is 6.75. The number of para-hydroxylation sites is 1. The number of benzene rings is 3. The van der Waals surface area contributed by atoms with Crippen LogP contribution < -0.4 is 10.9 Å². The Morgan fingerprint density at radius 3 is 2.32 bits per heavy atom. The molecule has 44 heavy (non-hydrogen) atoms. The summed E-state index contributed by atoms with van der Waals surface area (Å²) >= 11 is 5.92. The lowest BCUT2D eigenvalue weighted by Gasteiger charge is -2.26. The van der Waals surface area contributed by atoms with Crippen molar-refractivity contribution in [3.05, 3.63) is 111 Å². The van der Waals surface area contributed by atoms with Gasteiger partial charge >= 0.3 is 5.97 Å². The summed E-state index contributed by atoms with van der Waals surface area (Å²) in [6, 6.07) is 21.6. The van der Waals surface area contributed by atoms with E-state index in [1.54, 1.807) is 48.5 Å². The number of carbonyl (C=O) groups excluding carboxylic acids is 2. The van der Waals surface area contributed by atoms with Crippen LogP contribution in [-0.2, 0) is 30.8 Å². The van der Waals surface area contributed by atoms with Crippen molar-refractivity contribution in [2.45, 2.75) is 17.4 Å². The van der Waals surface area contributed by atoms with Crippen molar-refractivity contribution in [3.8, 4) is 0 Å². The molecule has 0 spiro atoms. The molecule has 0 bridgehead atoms. The number of amides is 1. The lowest BCUT2D eigenvalue weighted by atomic mass is 10.0. The van der Waals surface area contributed by atoms with E-state index in [2.05, 4.69) is 15.2 Å².